The standard InChI is InChI=1S/C18H20N2O3S2/c1-13-10-18(21)19-16-11-15(8-9-17(16)24-13)25(22,23)20(2)12-14-6-4-3-5-7-14/h3-9,11,13H,10,12H2,1-2H3,(H,19,21)/t13-/m0/s1. The number of nitrogens with one attached hydrogen (secondary N) is 1. The molecule has 2 aromatic rings. The Labute approximate surface area is 152 Å². The van der Waals surface area contributed by atoms with Crippen LogP contribution in [0.15, 0.2) is 58.3 Å². The third-order valence-electron chi connectivity index (χ3n) is 3.98. The van der Waals surface area contributed by atoms with Crippen LogP contribution >= 0.6 is 11.8 Å². The molecule has 3 rings (SSSR count). The molecule has 132 valence electrons. The molecular weight excluding hydrogens is 356 g/mol. The predicted molar refractivity (Wildman–Crippen MR) is 100 cm³/mol. The number of anilines is 1. The molecule has 25 heavy (non-hydrogen) atoms. The summed E-state index contributed by atoms with van der Waals surface area (Å²) >= 11 is 1.58. The van der Waals surface area contributed by atoms with Gasteiger partial charge < -0.3 is 5.32 Å². The van der Waals surface area contributed by atoms with Gasteiger partial charge in [0.1, 0.15) is 0 Å². The number of carbonyl (C=O) groups excluding carboxylic acids is 1. The Morgan fingerprint density at radius 2 is 1.92 bits per heavy atom. The van der Waals surface area contributed by atoms with Gasteiger partial charge in [-0.25, -0.2) is 8.42 Å². The van der Waals surface area contributed by atoms with Crippen LogP contribution in [0, 0.1) is 0 Å². The Morgan fingerprint density at radius 1 is 1.20 bits per heavy atom. The molecule has 1 heterocycles. The van der Waals surface area contributed by atoms with Crippen molar-refractivity contribution in [3.63, 3.8) is 0 Å². The quantitative estimate of drug-likeness (QED) is 0.889. The summed E-state index contributed by atoms with van der Waals surface area (Å²) in [5.74, 6) is -0.0917. The van der Waals surface area contributed by atoms with Crippen LogP contribution in [0.5, 0.6) is 0 Å². The second-order valence-corrected chi connectivity index (χ2v) is 9.61. The zero-order valence-electron chi connectivity index (χ0n) is 14.1. The van der Waals surface area contributed by atoms with Crippen LogP contribution in [0.1, 0.15) is 18.9 Å². The van der Waals surface area contributed by atoms with Crippen molar-refractivity contribution in [2.75, 3.05) is 12.4 Å². The number of carbonyl (C=O) groups is 1. The van der Waals surface area contributed by atoms with Crippen molar-refractivity contribution in [1.29, 1.82) is 0 Å². The van der Waals surface area contributed by atoms with E-state index in [0.717, 1.165) is 10.5 Å². The van der Waals surface area contributed by atoms with E-state index in [4.69, 9.17) is 0 Å². The second-order valence-electron chi connectivity index (χ2n) is 6.09. The van der Waals surface area contributed by atoms with Gasteiger partial charge in [-0.3, -0.25) is 4.79 Å². The highest BCUT2D eigenvalue weighted by Gasteiger charge is 2.25. The summed E-state index contributed by atoms with van der Waals surface area (Å²) in [5, 5.41) is 2.97. The molecule has 1 aliphatic heterocycles. The van der Waals surface area contributed by atoms with E-state index in [1.807, 2.05) is 37.3 Å². The first kappa shape index (κ1) is 18.0. The molecule has 7 heteroatoms. The molecule has 5 nitrogen and oxygen atoms in total. The monoisotopic (exact) mass is 376 g/mol. The molecule has 0 radical (unpaired) electrons. The number of hydrogen-bond donors (Lipinski definition) is 1. The van der Waals surface area contributed by atoms with E-state index in [1.165, 1.54) is 4.31 Å². The molecule has 2 aromatic carbocycles. The summed E-state index contributed by atoms with van der Waals surface area (Å²) in [4.78, 5) is 13.0. The van der Waals surface area contributed by atoms with Crippen molar-refractivity contribution in [3.05, 3.63) is 54.1 Å². The van der Waals surface area contributed by atoms with Gasteiger partial charge in [0.25, 0.3) is 0 Å². The fraction of sp³-hybridized carbons (Fsp3) is 0.278. The Bertz CT molecular complexity index is 882. The van der Waals surface area contributed by atoms with Crippen LogP contribution in [0.3, 0.4) is 0 Å². The molecule has 0 fully saturated rings. The Balaban J connectivity index is 1.89. The number of thioether (sulfide) groups is 1. The van der Waals surface area contributed by atoms with Crippen molar-refractivity contribution >= 4 is 33.4 Å². The lowest BCUT2D eigenvalue weighted by Crippen LogP contribution is -2.26. The molecule has 1 aliphatic rings. The molecule has 1 amide bonds. The van der Waals surface area contributed by atoms with E-state index in [9.17, 15) is 13.2 Å². The van der Waals surface area contributed by atoms with Crippen LogP contribution in [0.25, 0.3) is 0 Å². The third kappa shape index (κ3) is 4.05. The average molecular weight is 377 g/mol. The summed E-state index contributed by atoms with van der Waals surface area (Å²) in [6.07, 6.45) is 0.412. The Hall–Kier alpha value is -1.83. The van der Waals surface area contributed by atoms with Crippen molar-refractivity contribution in [2.45, 2.75) is 34.9 Å². The SMILES string of the molecule is C[C@H]1CC(=O)Nc2cc(S(=O)(=O)N(C)Cc3ccccc3)ccc2S1. The van der Waals surface area contributed by atoms with E-state index in [2.05, 4.69) is 5.32 Å². The Kier molecular flexibility index (Phi) is 5.17. The molecule has 0 unspecified atom stereocenters. The first-order valence-corrected chi connectivity index (χ1v) is 10.3. The lowest BCUT2D eigenvalue weighted by atomic mass is 10.2. The first-order chi connectivity index (χ1) is 11.9. The molecule has 0 aliphatic carbocycles. The number of sulfonamides is 1. The number of benzene rings is 2. The van der Waals surface area contributed by atoms with E-state index in [1.54, 1.807) is 37.0 Å². The van der Waals surface area contributed by atoms with Gasteiger partial charge in [-0.2, -0.15) is 4.31 Å². The fourth-order valence-corrected chi connectivity index (χ4v) is 4.93. The number of fused-ring (bicyclic) bond motifs is 1. The van der Waals surface area contributed by atoms with E-state index in [-0.39, 0.29) is 16.1 Å². The van der Waals surface area contributed by atoms with Crippen molar-refractivity contribution in [3.8, 4) is 0 Å². The maximum absolute atomic E-state index is 12.9. The molecular formula is C18H20N2O3S2. The van der Waals surface area contributed by atoms with Gasteiger partial charge in [-0.05, 0) is 23.8 Å². The minimum atomic E-state index is -3.64. The highest BCUT2D eigenvalue weighted by atomic mass is 32.2. The van der Waals surface area contributed by atoms with E-state index < -0.39 is 10.0 Å². The smallest absolute Gasteiger partial charge is 0.243 e. The third-order valence-corrected chi connectivity index (χ3v) is 6.96. The molecule has 1 N–H and O–H groups in total. The molecule has 0 bridgehead atoms. The first-order valence-electron chi connectivity index (χ1n) is 7.97. The lowest BCUT2D eigenvalue weighted by Gasteiger charge is -2.18. The van der Waals surface area contributed by atoms with Gasteiger partial charge in [0.2, 0.25) is 15.9 Å². The summed E-state index contributed by atoms with van der Waals surface area (Å²) in [7, 11) is -2.08. The minimum absolute atomic E-state index is 0.0917. The largest absolute Gasteiger partial charge is 0.325 e. The number of amides is 1. The predicted octanol–water partition coefficient (Wildman–Crippen LogP) is 3.33. The summed E-state index contributed by atoms with van der Waals surface area (Å²) in [6.45, 7) is 2.27. The van der Waals surface area contributed by atoms with Gasteiger partial charge in [0.05, 0.1) is 10.6 Å². The van der Waals surface area contributed by atoms with Gasteiger partial charge in [-0.1, -0.05) is 37.3 Å². The fourth-order valence-electron chi connectivity index (χ4n) is 2.70. The van der Waals surface area contributed by atoms with Crippen LogP contribution in [0.2, 0.25) is 0 Å². The zero-order chi connectivity index (χ0) is 18.0. The maximum atomic E-state index is 12.9. The number of hydrogen-bond acceptors (Lipinski definition) is 4. The highest BCUT2D eigenvalue weighted by molar-refractivity contribution is 8.00. The van der Waals surface area contributed by atoms with Crippen LogP contribution in [-0.4, -0.2) is 30.9 Å². The van der Waals surface area contributed by atoms with Gasteiger partial charge in [0.15, 0.2) is 0 Å². The topological polar surface area (TPSA) is 66.5 Å². The van der Waals surface area contributed by atoms with E-state index >= 15 is 0 Å². The Morgan fingerprint density at radius 3 is 2.64 bits per heavy atom. The van der Waals surface area contributed by atoms with Crippen LogP contribution in [0.4, 0.5) is 5.69 Å². The number of nitrogens with zero attached hydrogens (tertiary/aromatic N) is 1. The molecule has 1 atom stereocenters. The molecule has 0 aromatic heterocycles. The number of rotatable bonds is 4. The van der Waals surface area contributed by atoms with Crippen molar-refractivity contribution < 1.29 is 13.2 Å². The van der Waals surface area contributed by atoms with Crippen molar-refractivity contribution in [1.82, 2.24) is 4.31 Å². The zero-order valence-corrected chi connectivity index (χ0v) is 15.7. The van der Waals surface area contributed by atoms with Crippen LogP contribution in [-0.2, 0) is 21.4 Å². The molecule has 0 saturated heterocycles. The van der Waals surface area contributed by atoms with E-state index in [0.29, 0.717) is 18.7 Å². The second kappa shape index (κ2) is 7.19. The summed E-state index contributed by atoms with van der Waals surface area (Å²) in [6, 6.07) is 14.4. The average Bonchev–Trinajstić information content (AvgIpc) is 2.71. The summed E-state index contributed by atoms with van der Waals surface area (Å²) in [5.41, 5.74) is 1.48. The lowest BCUT2D eigenvalue weighted by molar-refractivity contribution is -0.116. The normalized spacial score (nSPS) is 17.7. The molecule has 0 spiro atoms. The van der Waals surface area contributed by atoms with Gasteiger partial charge in [-0.15, -0.1) is 11.8 Å². The minimum Gasteiger partial charge on any atom is -0.325 e. The van der Waals surface area contributed by atoms with Gasteiger partial charge >= 0.3 is 0 Å². The highest BCUT2D eigenvalue weighted by Crippen LogP contribution is 2.36. The maximum Gasteiger partial charge on any atom is 0.243 e. The summed E-state index contributed by atoms with van der Waals surface area (Å²) < 4.78 is 27.0. The molecule has 0 saturated carbocycles. The van der Waals surface area contributed by atoms with Crippen molar-refractivity contribution in [2.24, 2.45) is 0 Å². The van der Waals surface area contributed by atoms with Gasteiger partial charge in [0, 0.05) is 30.2 Å². The van der Waals surface area contributed by atoms with Crippen LogP contribution < -0.4 is 5.32 Å².